The highest BCUT2D eigenvalue weighted by atomic mass is 32.1. The van der Waals surface area contributed by atoms with E-state index in [-0.39, 0.29) is 5.91 Å². The molecule has 0 aliphatic heterocycles. The predicted molar refractivity (Wildman–Crippen MR) is 134 cm³/mol. The lowest BCUT2D eigenvalue weighted by Gasteiger charge is -2.20. The van der Waals surface area contributed by atoms with E-state index >= 15 is 0 Å². The van der Waals surface area contributed by atoms with Crippen molar-refractivity contribution in [1.82, 2.24) is 19.4 Å². The van der Waals surface area contributed by atoms with Crippen molar-refractivity contribution in [2.45, 2.75) is 26.8 Å². The number of carbonyl (C=O) groups is 1. The molecule has 1 aromatic carbocycles. The van der Waals surface area contributed by atoms with Crippen molar-refractivity contribution in [1.29, 1.82) is 5.41 Å². The standard InChI is InChI=1S/C24H27N7OS/c1-4-31(20(32)11-15-7-5-6-14(2)10-15)13-19-29-21-22(30(19)3)23-17(28-24(21)27)12-18(33-23)16(26)8-9-25/h5-10,12,26H,4,11,13,25H2,1-3H3,(H2,27,28)/b9-8-,26-16?. The number of benzene rings is 1. The summed E-state index contributed by atoms with van der Waals surface area (Å²) in [5.41, 5.74) is 16.3. The maximum absolute atomic E-state index is 13.0. The van der Waals surface area contributed by atoms with Crippen molar-refractivity contribution in [3.8, 4) is 0 Å². The summed E-state index contributed by atoms with van der Waals surface area (Å²) in [5, 5.41) is 8.17. The van der Waals surface area contributed by atoms with E-state index in [9.17, 15) is 4.79 Å². The highest BCUT2D eigenvalue weighted by Gasteiger charge is 2.21. The van der Waals surface area contributed by atoms with E-state index < -0.39 is 0 Å². The fraction of sp³-hybridized carbons (Fsp3) is 0.250. The van der Waals surface area contributed by atoms with Crippen molar-refractivity contribution in [3.63, 3.8) is 0 Å². The topological polar surface area (TPSA) is 127 Å². The van der Waals surface area contributed by atoms with Crippen LogP contribution in [0.2, 0.25) is 0 Å². The molecule has 0 radical (unpaired) electrons. The molecule has 33 heavy (non-hydrogen) atoms. The van der Waals surface area contributed by atoms with Gasteiger partial charge in [-0.1, -0.05) is 29.8 Å². The van der Waals surface area contributed by atoms with Gasteiger partial charge in [0.25, 0.3) is 0 Å². The Morgan fingerprint density at radius 3 is 2.79 bits per heavy atom. The van der Waals surface area contributed by atoms with Gasteiger partial charge in [-0.25, -0.2) is 9.97 Å². The SMILES string of the molecule is CCN(Cc1nc2c(N)nc3cc(C(=N)/C=C\N)sc3c2n1C)C(=O)Cc1cccc(C)c1. The van der Waals surface area contributed by atoms with Gasteiger partial charge >= 0.3 is 0 Å². The molecule has 9 heteroatoms. The molecule has 3 heterocycles. The Kier molecular flexibility index (Phi) is 6.15. The summed E-state index contributed by atoms with van der Waals surface area (Å²) in [5.74, 6) is 1.11. The number of aryl methyl sites for hydroxylation is 2. The van der Waals surface area contributed by atoms with E-state index in [4.69, 9.17) is 21.9 Å². The van der Waals surface area contributed by atoms with E-state index in [2.05, 4.69) is 4.98 Å². The zero-order valence-corrected chi connectivity index (χ0v) is 19.7. The maximum atomic E-state index is 13.0. The zero-order chi connectivity index (χ0) is 23.7. The number of aromatic nitrogens is 3. The van der Waals surface area contributed by atoms with Crippen molar-refractivity contribution in [2.24, 2.45) is 12.8 Å². The van der Waals surface area contributed by atoms with Crippen LogP contribution in [0.4, 0.5) is 5.82 Å². The zero-order valence-electron chi connectivity index (χ0n) is 18.9. The number of hydrogen-bond donors (Lipinski definition) is 3. The summed E-state index contributed by atoms with van der Waals surface area (Å²) in [7, 11) is 1.92. The Balaban J connectivity index is 1.69. The minimum absolute atomic E-state index is 0.0480. The van der Waals surface area contributed by atoms with Gasteiger partial charge in [-0.2, -0.15) is 0 Å². The normalized spacial score (nSPS) is 11.6. The average molecular weight is 462 g/mol. The number of carbonyl (C=O) groups excluding carboxylic acids is 1. The van der Waals surface area contributed by atoms with Gasteiger partial charge in [0.1, 0.15) is 11.3 Å². The number of likely N-dealkylation sites (N-methyl/N-ethyl adjacent to an activating group) is 1. The molecule has 0 unspecified atom stereocenters. The minimum atomic E-state index is 0.0480. The summed E-state index contributed by atoms with van der Waals surface area (Å²) >= 11 is 1.45. The molecule has 0 spiro atoms. The molecule has 0 fully saturated rings. The number of rotatable bonds is 7. The van der Waals surface area contributed by atoms with Crippen LogP contribution < -0.4 is 11.5 Å². The number of nitrogens with two attached hydrogens (primary N) is 2. The van der Waals surface area contributed by atoms with Gasteiger partial charge in [0.15, 0.2) is 5.82 Å². The van der Waals surface area contributed by atoms with E-state index in [1.807, 2.05) is 55.8 Å². The van der Waals surface area contributed by atoms with Crippen LogP contribution in [0.15, 0.2) is 42.6 Å². The Morgan fingerprint density at radius 2 is 2.09 bits per heavy atom. The first-order valence-electron chi connectivity index (χ1n) is 10.7. The van der Waals surface area contributed by atoms with Crippen molar-refractivity contribution in [3.05, 3.63) is 64.4 Å². The largest absolute Gasteiger partial charge is 0.405 e. The number of fused-ring (bicyclic) bond motifs is 3. The fourth-order valence-corrected chi connectivity index (χ4v) is 5.02. The summed E-state index contributed by atoms with van der Waals surface area (Å²) in [6, 6.07) is 9.85. The van der Waals surface area contributed by atoms with Crippen molar-refractivity contribution in [2.75, 3.05) is 12.3 Å². The van der Waals surface area contributed by atoms with Gasteiger partial charge in [0.2, 0.25) is 5.91 Å². The summed E-state index contributed by atoms with van der Waals surface area (Å²) in [6.45, 7) is 4.93. The quantitative estimate of drug-likeness (QED) is 0.363. The molecule has 0 saturated carbocycles. The van der Waals surface area contributed by atoms with Gasteiger partial charge in [-0.05, 0) is 37.8 Å². The van der Waals surface area contributed by atoms with Crippen LogP contribution >= 0.6 is 11.3 Å². The third-order valence-electron chi connectivity index (χ3n) is 5.63. The molecule has 0 atom stereocenters. The lowest BCUT2D eigenvalue weighted by Crippen LogP contribution is -2.32. The number of hydrogen-bond acceptors (Lipinski definition) is 7. The molecule has 1 amide bonds. The molecule has 0 aliphatic carbocycles. The van der Waals surface area contributed by atoms with E-state index in [1.165, 1.54) is 17.5 Å². The second kappa shape index (κ2) is 9.03. The number of amides is 1. The summed E-state index contributed by atoms with van der Waals surface area (Å²) < 4.78 is 2.88. The number of nitrogens with one attached hydrogen (secondary N) is 1. The molecule has 5 N–H and O–H groups in total. The lowest BCUT2D eigenvalue weighted by atomic mass is 10.1. The molecule has 4 rings (SSSR count). The molecular weight excluding hydrogens is 434 g/mol. The second-order valence-electron chi connectivity index (χ2n) is 7.95. The molecule has 4 aromatic rings. The first-order chi connectivity index (χ1) is 15.8. The van der Waals surface area contributed by atoms with E-state index in [0.29, 0.717) is 42.1 Å². The van der Waals surface area contributed by atoms with Crippen LogP contribution in [0.5, 0.6) is 0 Å². The van der Waals surface area contributed by atoms with Crippen molar-refractivity contribution < 1.29 is 4.79 Å². The number of allylic oxidation sites excluding steroid dienone is 1. The first kappa shape index (κ1) is 22.5. The van der Waals surface area contributed by atoms with Gasteiger partial charge in [0, 0.05) is 13.6 Å². The van der Waals surface area contributed by atoms with Crippen LogP contribution in [-0.4, -0.2) is 37.6 Å². The highest BCUT2D eigenvalue weighted by Crippen LogP contribution is 2.34. The third kappa shape index (κ3) is 4.31. The Hall–Kier alpha value is -3.72. The second-order valence-corrected chi connectivity index (χ2v) is 9.01. The number of thiophene rings is 1. The van der Waals surface area contributed by atoms with Gasteiger partial charge in [-0.15, -0.1) is 11.3 Å². The maximum Gasteiger partial charge on any atom is 0.227 e. The molecule has 170 valence electrons. The molecule has 0 saturated heterocycles. The third-order valence-corrected chi connectivity index (χ3v) is 6.80. The summed E-state index contributed by atoms with van der Waals surface area (Å²) in [4.78, 5) is 24.8. The lowest BCUT2D eigenvalue weighted by molar-refractivity contribution is -0.131. The Labute approximate surface area is 196 Å². The number of pyridine rings is 1. The van der Waals surface area contributed by atoms with Crippen LogP contribution in [0, 0.1) is 12.3 Å². The first-order valence-corrected chi connectivity index (χ1v) is 11.5. The monoisotopic (exact) mass is 461 g/mol. The summed E-state index contributed by atoms with van der Waals surface area (Å²) in [6.07, 6.45) is 3.23. The smallest absolute Gasteiger partial charge is 0.227 e. The molecule has 0 aliphatic rings. The Morgan fingerprint density at radius 1 is 1.30 bits per heavy atom. The van der Waals surface area contributed by atoms with Crippen LogP contribution in [0.3, 0.4) is 0 Å². The van der Waals surface area contributed by atoms with Crippen LogP contribution in [0.1, 0.15) is 28.8 Å². The molecule has 8 nitrogen and oxygen atoms in total. The average Bonchev–Trinajstić information content (AvgIpc) is 3.33. The van der Waals surface area contributed by atoms with Crippen molar-refractivity contribution >= 4 is 50.0 Å². The van der Waals surface area contributed by atoms with E-state index in [1.54, 1.807) is 11.0 Å². The van der Waals surface area contributed by atoms with Gasteiger partial charge in [-0.3, -0.25) is 10.2 Å². The fourth-order valence-electron chi connectivity index (χ4n) is 3.91. The number of imidazole rings is 1. The van der Waals surface area contributed by atoms with Gasteiger partial charge in [0.05, 0.1) is 39.3 Å². The Bertz CT molecular complexity index is 1400. The van der Waals surface area contributed by atoms with Gasteiger partial charge < -0.3 is 20.9 Å². The number of anilines is 1. The van der Waals surface area contributed by atoms with Crippen LogP contribution in [0.25, 0.3) is 21.3 Å². The predicted octanol–water partition coefficient (Wildman–Crippen LogP) is 3.51. The van der Waals surface area contributed by atoms with E-state index in [0.717, 1.165) is 32.0 Å². The molecule has 0 bridgehead atoms. The van der Waals surface area contributed by atoms with Crippen LogP contribution in [-0.2, 0) is 24.8 Å². The molecule has 3 aromatic heterocycles. The number of nitrogens with zero attached hydrogens (tertiary/aromatic N) is 4. The molecular formula is C24H27N7OS. The number of nitrogen functional groups attached to an aromatic ring is 1. The minimum Gasteiger partial charge on any atom is -0.405 e. The highest BCUT2D eigenvalue weighted by molar-refractivity contribution is 7.21.